The summed E-state index contributed by atoms with van der Waals surface area (Å²) in [7, 11) is 0. The first-order valence-electron chi connectivity index (χ1n) is 7.54. The molecule has 2 rings (SSSR count). The van der Waals surface area contributed by atoms with Gasteiger partial charge in [-0.3, -0.25) is 0 Å². The molecule has 0 spiro atoms. The molecule has 2 unspecified atom stereocenters. The average molecular weight is 253 g/mol. The van der Waals surface area contributed by atoms with Crippen LogP contribution in [0.1, 0.15) is 51.4 Å². The quantitative estimate of drug-likeness (QED) is 0.717. The van der Waals surface area contributed by atoms with Gasteiger partial charge in [0.15, 0.2) is 0 Å². The molecular weight excluding hydrogens is 226 g/mol. The van der Waals surface area contributed by atoms with Crippen LogP contribution in [0.2, 0.25) is 0 Å². The predicted octanol–water partition coefficient (Wildman–Crippen LogP) is 1.99. The van der Waals surface area contributed by atoms with Crippen LogP contribution >= 0.6 is 0 Å². The molecule has 0 aromatic carbocycles. The summed E-state index contributed by atoms with van der Waals surface area (Å²) in [5.74, 6) is 1.20. The molecule has 4 nitrogen and oxygen atoms in total. The molecule has 2 fully saturated rings. The number of amides is 2. The summed E-state index contributed by atoms with van der Waals surface area (Å²) in [5, 5.41) is 6.12. The van der Waals surface area contributed by atoms with Crippen molar-refractivity contribution in [3.63, 3.8) is 0 Å². The van der Waals surface area contributed by atoms with Crippen LogP contribution < -0.4 is 16.4 Å². The van der Waals surface area contributed by atoms with Gasteiger partial charge in [-0.2, -0.15) is 0 Å². The van der Waals surface area contributed by atoms with Crippen LogP contribution in [0.4, 0.5) is 4.79 Å². The van der Waals surface area contributed by atoms with Crippen LogP contribution in [-0.4, -0.2) is 25.2 Å². The van der Waals surface area contributed by atoms with Crippen molar-refractivity contribution in [2.75, 3.05) is 13.1 Å². The van der Waals surface area contributed by atoms with Crippen LogP contribution in [0.25, 0.3) is 0 Å². The van der Waals surface area contributed by atoms with E-state index in [1.165, 1.54) is 38.5 Å². The van der Waals surface area contributed by atoms with Crippen molar-refractivity contribution in [3.8, 4) is 0 Å². The molecule has 0 aromatic heterocycles. The number of nitrogens with one attached hydrogen (secondary N) is 2. The van der Waals surface area contributed by atoms with Gasteiger partial charge in [-0.1, -0.05) is 25.7 Å². The van der Waals surface area contributed by atoms with Crippen molar-refractivity contribution in [2.45, 2.75) is 57.4 Å². The van der Waals surface area contributed by atoms with Crippen LogP contribution in [-0.2, 0) is 0 Å². The summed E-state index contributed by atoms with van der Waals surface area (Å²) < 4.78 is 0. The summed E-state index contributed by atoms with van der Waals surface area (Å²) in [6, 6.07) is 0.414. The second-order valence-corrected chi connectivity index (χ2v) is 5.88. The fraction of sp³-hybridized carbons (Fsp3) is 0.929. The van der Waals surface area contributed by atoms with Gasteiger partial charge in [-0.05, 0) is 44.1 Å². The van der Waals surface area contributed by atoms with Gasteiger partial charge < -0.3 is 16.4 Å². The van der Waals surface area contributed by atoms with E-state index < -0.39 is 0 Å². The molecule has 0 aliphatic heterocycles. The maximum atomic E-state index is 11.8. The maximum Gasteiger partial charge on any atom is 0.315 e. The van der Waals surface area contributed by atoms with E-state index in [2.05, 4.69) is 10.6 Å². The highest BCUT2D eigenvalue weighted by Crippen LogP contribution is 2.30. The Hall–Kier alpha value is -0.770. The Balaban J connectivity index is 1.64. The summed E-state index contributed by atoms with van der Waals surface area (Å²) in [6.45, 7) is 1.55. The largest absolute Gasteiger partial charge is 0.338 e. The highest BCUT2D eigenvalue weighted by atomic mass is 16.2. The number of carbonyl (C=O) groups is 1. The lowest BCUT2D eigenvalue weighted by Gasteiger charge is -2.24. The van der Waals surface area contributed by atoms with Crippen molar-refractivity contribution in [3.05, 3.63) is 0 Å². The number of carbonyl (C=O) groups excluding carboxylic acids is 1. The van der Waals surface area contributed by atoms with Crippen LogP contribution in [0.5, 0.6) is 0 Å². The Bertz CT molecular complexity index is 264. The third-order valence-corrected chi connectivity index (χ3v) is 4.58. The van der Waals surface area contributed by atoms with Gasteiger partial charge >= 0.3 is 6.03 Å². The van der Waals surface area contributed by atoms with Crippen molar-refractivity contribution in [1.82, 2.24) is 10.6 Å². The highest BCUT2D eigenvalue weighted by Gasteiger charge is 2.26. The molecule has 18 heavy (non-hydrogen) atoms. The van der Waals surface area contributed by atoms with E-state index in [1.807, 2.05) is 0 Å². The lowest BCUT2D eigenvalue weighted by molar-refractivity contribution is 0.229. The third kappa shape index (κ3) is 3.87. The van der Waals surface area contributed by atoms with Crippen molar-refractivity contribution in [1.29, 1.82) is 0 Å². The monoisotopic (exact) mass is 253 g/mol. The number of urea groups is 1. The van der Waals surface area contributed by atoms with Gasteiger partial charge in [0.2, 0.25) is 0 Å². The zero-order chi connectivity index (χ0) is 12.8. The first-order valence-corrected chi connectivity index (χ1v) is 7.54. The molecule has 2 atom stereocenters. The van der Waals surface area contributed by atoms with Gasteiger partial charge in [0.05, 0.1) is 0 Å². The molecule has 4 heteroatoms. The molecule has 0 aromatic rings. The normalized spacial score (nSPS) is 29.2. The molecule has 2 amide bonds. The van der Waals surface area contributed by atoms with Crippen molar-refractivity contribution < 1.29 is 4.79 Å². The van der Waals surface area contributed by atoms with Crippen molar-refractivity contribution >= 4 is 6.03 Å². The Morgan fingerprint density at radius 1 is 1.00 bits per heavy atom. The van der Waals surface area contributed by atoms with Gasteiger partial charge in [0.1, 0.15) is 0 Å². The first-order chi connectivity index (χ1) is 8.79. The molecule has 2 aliphatic carbocycles. The van der Waals surface area contributed by atoms with Crippen LogP contribution in [0.15, 0.2) is 0 Å². The van der Waals surface area contributed by atoms with E-state index in [0.717, 1.165) is 25.9 Å². The molecule has 0 radical (unpaired) electrons. The molecule has 2 saturated carbocycles. The lowest BCUT2D eigenvalue weighted by atomic mass is 9.95. The zero-order valence-corrected chi connectivity index (χ0v) is 11.3. The van der Waals surface area contributed by atoms with Crippen LogP contribution in [0, 0.1) is 11.8 Å². The average Bonchev–Trinajstić information content (AvgIpc) is 2.85. The standard InChI is InChI=1S/C14H27N3O/c15-9-11-5-4-6-12(11)10-16-14(18)17-13-7-2-1-3-8-13/h11-13H,1-10,15H2,(H2,16,17,18). The summed E-state index contributed by atoms with van der Waals surface area (Å²) in [6.07, 6.45) is 9.81. The minimum absolute atomic E-state index is 0.0181. The number of nitrogens with two attached hydrogens (primary N) is 1. The highest BCUT2D eigenvalue weighted by molar-refractivity contribution is 5.74. The molecular formula is C14H27N3O. The molecule has 104 valence electrons. The van der Waals surface area contributed by atoms with E-state index >= 15 is 0 Å². The number of hydrogen-bond acceptors (Lipinski definition) is 2. The van der Waals surface area contributed by atoms with Gasteiger partial charge in [0.25, 0.3) is 0 Å². The summed E-state index contributed by atoms with van der Waals surface area (Å²) >= 11 is 0. The minimum Gasteiger partial charge on any atom is -0.338 e. The Kier molecular flexibility index (Phi) is 5.29. The Morgan fingerprint density at radius 3 is 2.44 bits per heavy atom. The molecule has 4 N–H and O–H groups in total. The maximum absolute atomic E-state index is 11.8. The van der Waals surface area contributed by atoms with Gasteiger partial charge in [-0.25, -0.2) is 4.79 Å². The van der Waals surface area contributed by atoms with E-state index in [1.54, 1.807) is 0 Å². The number of hydrogen-bond donors (Lipinski definition) is 3. The van der Waals surface area contributed by atoms with Gasteiger partial charge in [0, 0.05) is 12.6 Å². The van der Waals surface area contributed by atoms with E-state index in [-0.39, 0.29) is 6.03 Å². The number of rotatable bonds is 4. The smallest absolute Gasteiger partial charge is 0.315 e. The second kappa shape index (κ2) is 6.98. The second-order valence-electron chi connectivity index (χ2n) is 5.88. The topological polar surface area (TPSA) is 67.1 Å². The van der Waals surface area contributed by atoms with E-state index in [9.17, 15) is 4.79 Å². The first kappa shape index (κ1) is 13.7. The zero-order valence-electron chi connectivity index (χ0n) is 11.3. The van der Waals surface area contributed by atoms with Gasteiger partial charge in [-0.15, -0.1) is 0 Å². The molecule has 2 aliphatic rings. The Morgan fingerprint density at radius 2 is 1.72 bits per heavy atom. The molecule has 0 heterocycles. The third-order valence-electron chi connectivity index (χ3n) is 4.58. The fourth-order valence-electron chi connectivity index (χ4n) is 3.40. The predicted molar refractivity (Wildman–Crippen MR) is 73.3 cm³/mol. The van der Waals surface area contributed by atoms with Crippen molar-refractivity contribution in [2.24, 2.45) is 17.6 Å². The Labute approximate surface area is 110 Å². The molecule has 0 bridgehead atoms. The van der Waals surface area contributed by atoms with E-state index in [0.29, 0.717) is 17.9 Å². The lowest BCUT2D eigenvalue weighted by Crippen LogP contribution is -2.44. The van der Waals surface area contributed by atoms with Crippen LogP contribution in [0.3, 0.4) is 0 Å². The summed E-state index contributed by atoms with van der Waals surface area (Å²) in [4.78, 5) is 11.8. The SMILES string of the molecule is NCC1CCCC1CNC(=O)NC1CCCCC1. The van der Waals surface area contributed by atoms with E-state index in [4.69, 9.17) is 5.73 Å². The molecule has 0 saturated heterocycles. The fourth-order valence-corrected chi connectivity index (χ4v) is 3.40. The minimum atomic E-state index is 0.0181. The summed E-state index contributed by atoms with van der Waals surface area (Å²) in [5.41, 5.74) is 5.75.